The Hall–Kier alpha value is -1.10. The summed E-state index contributed by atoms with van der Waals surface area (Å²) in [6.45, 7) is 1.56. The number of nitriles is 1. The Balaban J connectivity index is 1.88. The highest BCUT2D eigenvalue weighted by atomic mass is 32.2. The van der Waals surface area contributed by atoms with Crippen LogP contribution in [0.1, 0.15) is 28.8 Å². The van der Waals surface area contributed by atoms with Gasteiger partial charge < -0.3 is 5.32 Å². The first kappa shape index (κ1) is 12.9. The molecule has 7 heteroatoms. The number of fused-ring (bicyclic) bond motifs is 1. The standard InChI is InChI=1S/C12H15N3O2S2/c13-5-10-9-3-4-14-6-11(9)18-12(10)15-19(16,17)7-8-1-2-8/h8,14-15H,1-4,6-7H2. The molecule has 102 valence electrons. The molecule has 0 radical (unpaired) electrons. The van der Waals surface area contributed by atoms with Crippen LogP contribution in [0, 0.1) is 17.2 Å². The van der Waals surface area contributed by atoms with Crippen molar-refractivity contribution in [3.05, 3.63) is 16.0 Å². The van der Waals surface area contributed by atoms with Crippen LogP contribution in [0.4, 0.5) is 5.00 Å². The van der Waals surface area contributed by atoms with Gasteiger partial charge in [-0.2, -0.15) is 5.26 Å². The molecule has 2 aliphatic rings. The fourth-order valence-corrected chi connectivity index (χ4v) is 5.29. The van der Waals surface area contributed by atoms with Gasteiger partial charge in [0.15, 0.2) is 0 Å². The van der Waals surface area contributed by atoms with Gasteiger partial charge in [0, 0.05) is 11.4 Å². The number of nitrogens with one attached hydrogen (secondary N) is 2. The van der Waals surface area contributed by atoms with Crippen LogP contribution in [0.15, 0.2) is 0 Å². The summed E-state index contributed by atoms with van der Waals surface area (Å²) in [6.07, 6.45) is 2.78. The van der Waals surface area contributed by atoms with Crippen LogP contribution in [-0.2, 0) is 23.0 Å². The minimum Gasteiger partial charge on any atom is -0.312 e. The Morgan fingerprint density at radius 1 is 1.47 bits per heavy atom. The molecule has 1 aliphatic heterocycles. The number of hydrogen-bond acceptors (Lipinski definition) is 5. The molecule has 3 rings (SSSR count). The summed E-state index contributed by atoms with van der Waals surface area (Å²) in [6, 6.07) is 2.15. The van der Waals surface area contributed by atoms with Crippen molar-refractivity contribution >= 4 is 26.4 Å². The van der Waals surface area contributed by atoms with Gasteiger partial charge in [-0.3, -0.25) is 4.72 Å². The molecule has 0 aromatic carbocycles. The van der Waals surface area contributed by atoms with Gasteiger partial charge in [-0.15, -0.1) is 11.3 Å². The van der Waals surface area contributed by atoms with Crippen molar-refractivity contribution in [2.24, 2.45) is 5.92 Å². The average molecular weight is 297 g/mol. The van der Waals surface area contributed by atoms with Crippen molar-refractivity contribution in [1.29, 1.82) is 5.26 Å². The Kier molecular flexibility index (Phi) is 3.25. The third-order valence-corrected chi connectivity index (χ3v) is 6.14. The van der Waals surface area contributed by atoms with E-state index < -0.39 is 10.0 Å². The number of thiophene rings is 1. The van der Waals surface area contributed by atoms with Crippen LogP contribution in [0.2, 0.25) is 0 Å². The molecule has 1 aliphatic carbocycles. The second kappa shape index (κ2) is 4.78. The van der Waals surface area contributed by atoms with Crippen LogP contribution in [0.5, 0.6) is 0 Å². The fraction of sp³-hybridized carbons (Fsp3) is 0.583. The molecule has 0 amide bonds. The number of hydrogen-bond donors (Lipinski definition) is 2. The molecule has 5 nitrogen and oxygen atoms in total. The summed E-state index contributed by atoms with van der Waals surface area (Å²) in [5.74, 6) is 0.484. The zero-order valence-corrected chi connectivity index (χ0v) is 12.0. The second-order valence-corrected chi connectivity index (χ2v) is 7.95. The topological polar surface area (TPSA) is 82.0 Å². The van der Waals surface area contributed by atoms with E-state index in [1.54, 1.807) is 0 Å². The maximum atomic E-state index is 12.0. The first-order chi connectivity index (χ1) is 9.09. The highest BCUT2D eigenvalue weighted by Gasteiger charge is 2.29. The molecule has 2 heterocycles. The van der Waals surface area contributed by atoms with E-state index >= 15 is 0 Å². The quantitative estimate of drug-likeness (QED) is 0.880. The second-order valence-electron chi connectivity index (χ2n) is 5.07. The van der Waals surface area contributed by atoms with Crippen molar-refractivity contribution in [1.82, 2.24) is 5.32 Å². The summed E-state index contributed by atoms with van der Waals surface area (Å²) in [5, 5.41) is 13.0. The van der Waals surface area contributed by atoms with E-state index in [1.807, 2.05) is 0 Å². The third kappa shape index (κ3) is 2.76. The van der Waals surface area contributed by atoms with Crippen LogP contribution >= 0.6 is 11.3 Å². The predicted octanol–water partition coefficient (Wildman–Crippen LogP) is 1.42. The Labute approximate surface area is 116 Å². The summed E-state index contributed by atoms with van der Waals surface area (Å²) < 4.78 is 26.6. The van der Waals surface area contributed by atoms with E-state index in [0.717, 1.165) is 42.8 Å². The predicted molar refractivity (Wildman–Crippen MR) is 74.6 cm³/mol. The molecule has 0 saturated heterocycles. The van der Waals surface area contributed by atoms with Gasteiger partial charge in [0.05, 0.1) is 11.3 Å². The lowest BCUT2D eigenvalue weighted by Gasteiger charge is -2.11. The molecule has 1 fully saturated rings. The largest absolute Gasteiger partial charge is 0.312 e. The zero-order chi connectivity index (χ0) is 13.5. The zero-order valence-electron chi connectivity index (χ0n) is 10.4. The molecule has 0 atom stereocenters. The number of anilines is 1. The molecule has 19 heavy (non-hydrogen) atoms. The maximum Gasteiger partial charge on any atom is 0.233 e. The van der Waals surface area contributed by atoms with E-state index in [0.29, 0.717) is 16.5 Å². The fourth-order valence-electron chi connectivity index (χ4n) is 2.30. The monoisotopic (exact) mass is 297 g/mol. The van der Waals surface area contributed by atoms with Crippen LogP contribution in [0.25, 0.3) is 0 Å². The van der Waals surface area contributed by atoms with E-state index in [1.165, 1.54) is 11.3 Å². The van der Waals surface area contributed by atoms with E-state index in [4.69, 9.17) is 0 Å². The molecule has 1 aromatic rings. The van der Waals surface area contributed by atoms with Crippen LogP contribution in [0.3, 0.4) is 0 Å². The molecule has 1 aromatic heterocycles. The molecular formula is C12H15N3O2S2. The maximum absolute atomic E-state index is 12.0. The molecule has 0 bridgehead atoms. The average Bonchev–Trinajstić information content (AvgIpc) is 3.08. The molecule has 1 saturated carbocycles. The first-order valence-electron chi connectivity index (χ1n) is 6.35. The molecule has 0 unspecified atom stereocenters. The number of rotatable bonds is 4. The van der Waals surface area contributed by atoms with E-state index in [9.17, 15) is 13.7 Å². The van der Waals surface area contributed by atoms with Crippen LogP contribution in [-0.4, -0.2) is 20.7 Å². The van der Waals surface area contributed by atoms with Gasteiger partial charge in [0.1, 0.15) is 11.1 Å². The highest BCUT2D eigenvalue weighted by molar-refractivity contribution is 7.92. The third-order valence-electron chi connectivity index (χ3n) is 3.44. The number of nitrogens with zero attached hydrogens (tertiary/aromatic N) is 1. The van der Waals surface area contributed by atoms with E-state index in [-0.39, 0.29) is 5.75 Å². The van der Waals surface area contributed by atoms with Crippen molar-refractivity contribution < 1.29 is 8.42 Å². The highest BCUT2D eigenvalue weighted by Crippen LogP contribution is 2.36. The van der Waals surface area contributed by atoms with E-state index in [2.05, 4.69) is 16.1 Å². The Bertz CT molecular complexity index is 639. The van der Waals surface area contributed by atoms with Crippen molar-refractivity contribution in [2.75, 3.05) is 17.0 Å². The van der Waals surface area contributed by atoms with Gasteiger partial charge in [-0.1, -0.05) is 0 Å². The SMILES string of the molecule is N#Cc1c(NS(=O)(=O)CC2CC2)sc2c1CCNC2. The van der Waals surface area contributed by atoms with Gasteiger partial charge in [-0.25, -0.2) is 8.42 Å². The Morgan fingerprint density at radius 2 is 2.26 bits per heavy atom. The normalized spacial score (nSPS) is 18.7. The van der Waals surface area contributed by atoms with Crippen molar-refractivity contribution in [2.45, 2.75) is 25.8 Å². The van der Waals surface area contributed by atoms with Crippen LogP contribution < -0.4 is 10.0 Å². The van der Waals surface area contributed by atoms with Crippen molar-refractivity contribution in [3.63, 3.8) is 0 Å². The minimum absolute atomic E-state index is 0.179. The molecular weight excluding hydrogens is 282 g/mol. The van der Waals surface area contributed by atoms with Gasteiger partial charge >= 0.3 is 0 Å². The minimum atomic E-state index is -3.31. The lowest BCUT2D eigenvalue weighted by molar-refractivity contribution is 0.597. The smallest absolute Gasteiger partial charge is 0.233 e. The van der Waals surface area contributed by atoms with Gasteiger partial charge in [0.2, 0.25) is 10.0 Å². The lowest BCUT2D eigenvalue weighted by atomic mass is 10.1. The number of sulfonamides is 1. The summed E-state index contributed by atoms with van der Waals surface area (Å²) in [7, 11) is -3.31. The molecule has 2 N–H and O–H groups in total. The lowest BCUT2D eigenvalue weighted by Crippen LogP contribution is -2.22. The Morgan fingerprint density at radius 3 is 2.95 bits per heavy atom. The first-order valence-corrected chi connectivity index (χ1v) is 8.82. The summed E-state index contributed by atoms with van der Waals surface area (Å²) >= 11 is 1.39. The molecule has 0 spiro atoms. The van der Waals surface area contributed by atoms with Gasteiger partial charge in [0.25, 0.3) is 0 Å². The summed E-state index contributed by atoms with van der Waals surface area (Å²) in [5.41, 5.74) is 1.52. The van der Waals surface area contributed by atoms with Crippen molar-refractivity contribution in [3.8, 4) is 6.07 Å². The summed E-state index contributed by atoms with van der Waals surface area (Å²) in [4.78, 5) is 1.08. The van der Waals surface area contributed by atoms with Gasteiger partial charge in [-0.05, 0) is 37.3 Å².